The van der Waals surface area contributed by atoms with Gasteiger partial charge in [-0.3, -0.25) is 14.6 Å². The zero-order valence-corrected chi connectivity index (χ0v) is 12.9. The summed E-state index contributed by atoms with van der Waals surface area (Å²) in [6.45, 7) is 0.319. The molecule has 1 aliphatic rings. The van der Waals surface area contributed by atoms with Crippen LogP contribution in [0.15, 0.2) is 30.5 Å². The molecule has 7 nitrogen and oxygen atoms in total. The minimum Gasteiger partial charge on any atom is -0.395 e. The van der Waals surface area contributed by atoms with Crippen LogP contribution in [-0.4, -0.2) is 53.1 Å². The van der Waals surface area contributed by atoms with Crippen LogP contribution in [0, 0.1) is 0 Å². The van der Waals surface area contributed by atoms with Crippen LogP contribution in [0.2, 0.25) is 0 Å². The van der Waals surface area contributed by atoms with Gasteiger partial charge in [0.05, 0.1) is 29.9 Å². The van der Waals surface area contributed by atoms with Gasteiger partial charge in [0, 0.05) is 30.7 Å². The number of nitrogens with zero attached hydrogens (tertiary/aromatic N) is 1. The number of fused-ring (bicyclic) bond motifs is 2. The maximum atomic E-state index is 12.9. The van der Waals surface area contributed by atoms with E-state index in [1.54, 1.807) is 24.3 Å². The summed E-state index contributed by atoms with van der Waals surface area (Å²) in [7, 11) is 0. The Labute approximate surface area is 138 Å². The third-order valence-electron chi connectivity index (χ3n) is 3.78. The average Bonchev–Trinajstić information content (AvgIpc) is 2.62. The van der Waals surface area contributed by atoms with Gasteiger partial charge in [-0.15, -0.1) is 0 Å². The Morgan fingerprint density at radius 3 is 2.04 bits per heavy atom. The van der Waals surface area contributed by atoms with E-state index in [1.165, 1.54) is 6.20 Å². The number of pyridine rings is 1. The van der Waals surface area contributed by atoms with Gasteiger partial charge >= 0.3 is 0 Å². The van der Waals surface area contributed by atoms with Crippen molar-refractivity contribution >= 4 is 22.9 Å². The first-order chi connectivity index (χ1) is 11.7. The van der Waals surface area contributed by atoms with E-state index in [-0.39, 0.29) is 60.3 Å². The van der Waals surface area contributed by atoms with E-state index >= 15 is 0 Å². The Morgan fingerprint density at radius 2 is 1.46 bits per heavy atom. The van der Waals surface area contributed by atoms with Gasteiger partial charge in [0.1, 0.15) is 5.69 Å². The van der Waals surface area contributed by atoms with E-state index in [1.807, 2.05) is 0 Å². The molecule has 0 amide bonds. The van der Waals surface area contributed by atoms with Crippen LogP contribution in [0.5, 0.6) is 0 Å². The van der Waals surface area contributed by atoms with Crippen LogP contribution in [0.3, 0.4) is 0 Å². The second-order valence-corrected chi connectivity index (χ2v) is 5.27. The number of anilines is 2. The van der Waals surface area contributed by atoms with Crippen LogP contribution < -0.4 is 10.6 Å². The number of aliphatic hydroxyl groups is 2. The molecule has 24 heavy (non-hydrogen) atoms. The minimum absolute atomic E-state index is 0.0977. The summed E-state index contributed by atoms with van der Waals surface area (Å²) in [4.78, 5) is 29.8. The van der Waals surface area contributed by atoms with E-state index in [9.17, 15) is 9.59 Å². The number of hydrogen-bond acceptors (Lipinski definition) is 7. The second-order valence-electron chi connectivity index (χ2n) is 5.27. The number of rotatable bonds is 6. The van der Waals surface area contributed by atoms with Crippen molar-refractivity contribution in [2.75, 3.05) is 36.9 Å². The number of benzene rings is 1. The predicted octanol–water partition coefficient (Wildman–Crippen LogP) is 0.665. The summed E-state index contributed by atoms with van der Waals surface area (Å²) in [6.07, 6.45) is 1.48. The van der Waals surface area contributed by atoms with Crippen molar-refractivity contribution in [2.45, 2.75) is 0 Å². The molecular formula is C17H17N3O4. The summed E-state index contributed by atoms with van der Waals surface area (Å²) >= 11 is 0. The lowest BCUT2D eigenvalue weighted by atomic mass is 9.84. The van der Waals surface area contributed by atoms with E-state index in [4.69, 9.17) is 10.2 Å². The fourth-order valence-corrected chi connectivity index (χ4v) is 2.77. The highest BCUT2D eigenvalue weighted by Crippen LogP contribution is 2.35. The van der Waals surface area contributed by atoms with Gasteiger partial charge in [-0.25, -0.2) is 0 Å². The fraction of sp³-hybridized carbons (Fsp3) is 0.235. The summed E-state index contributed by atoms with van der Waals surface area (Å²) in [6, 6.07) is 6.55. The van der Waals surface area contributed by atoms with Crippen molar-refractivity contribution in [3.05, 3.63) is 52.8 Å². The Hall–Kier alpha value is -2.77. The summed E-state index contributed by atoms with van der Waals surface area (Å²) < 4.78 is 0. The number of ketones is 2. The number of aliphatic hydroxyl groups excluding tert-OH is 2. The molecule has 0 aliphatic heterocycles. The lowest BCUT2D eigenvalue weighted by Crippen LogP contribution is -2.26. The Kier molecular flexibility index (Phi) is 4.54. The molecule has 0 spiro atoms. The molecule has 1 aromatic heterocycles. The van der Waals surface area contributed by atoms with Crippen molar-refractivity contribution in [3.8, 4) is 0 Å². The van der Waals surface area contributed by atoms with Crippen LogP contribution >= 0.6 is 0 Å². The molecule has 1 aromatic carbocycles. The van der Waals surface area contributed by atoms with Gasteiger partial charge in [0.25, 0.3) is 0 Å². The molecule has 0 bridgehead atoms. The Balaban J connectivity index is 2.18. The molecule has 124 valence electrons. The molecule has 4 N–H and O–H groups in total. The van der Waals surface area contributed by atoms with Crippen LogP contribution in [0.1, 0.15) is 32.0 Å². The SMILES string of the molecule is O=C1c2cccnc2C(=O)c2c(NCCO)ccc(NCCO)c21. The molecular weight excluding hydrogens is 310 g/mol. The number of nitrogens with one attached hydrogen (secondary N) is 2. The summed E-state index contributed by atoms with van der Waals surface area (Å²) in [5.74, 6) is -0.630. The standard InChI is InChI=1S/C17H17N3O4/c21-8-6-18-11-3-4-12(19-7-9-22)14-13(11)16(23)10-2-1-5-20-15(10)17(14)24/h1-5,18-19,21-22H,6-9H2. The third-order valence-corrected chi connectivity index (χ3v) is 3.78. The van der Waals surface area contributed by atoms with Crippen molar-refractivity contribution in [3.63, 3.8) is 0 Å². The summed E-state index contributed by atoms with van der Waals surface area (Å²) in [5, 5.41) is 24.0. The first-order valence-electron chi connectivity index (χ1n) is 7.60. The second kappa shape index (κ2) is 6.77. The maximum Gasteiger partial charge on any atom is 0.215 e. The van der Waals surface area contributed by atoms with Gasteiger partial charge in [-0.05, 0) is 24.3 Å². The lowest BCUT2D eigenvalue weighted by molar-refractivity contribution is 0.0976. The zero-order valence-electron chi connectivity index (χ0n) is 12.9. The average molecular weight is 327 g/mol. The molecule has 0 saturated heterocycles. The van der Waals surface area contributed by atoms with Crippen LogP contribution in [0.25, 0.3) is 0 Å². The molecule has 1 aliphatic carbocycles. The highest BCUT2D eigenvalue weighted by molar-refractivity contribution is 6.31. The van der Waals surface area contributed by atoms with E-state index in [2.05, 4.69) is 15.6 Å². The van der Waals surface area contributed by atoms with Crippen LogP contribution in [0.4, 0.5) is 11.4 Å². The molecule has 3 rings (SSSR count). The number of carbonyl (C=O) groups excluding carboxylic acids is 2. The maximum absolute atomic E-state index is 12.9. The van der Waals surface area contributed by atoms with Gasteiger partial charge in [0.15, 0.2) is 5.78 Å². The number of aromatic nitrogens is 1. The van der Waals surface area contributed by atoms with E-state index < -0.39 is 0 Å². The van der Waals surface area contributed by atoms with Crippen molar-refractivity contribution < 1.29 is 19.8 Å². The largest absolute Gasteiger partial charge is 0.395 e. The number of hydrogen-bond donors (Lipinski definition) is 4. The monoisotopic (exact) mass is 327 g/mol. The molecule has 0 unspecified atom stereocenters. The topological polar surface area (TPSA) is 112 Å². The summed E-state index contributed by atoms with van der Waals surface area (Å²) in [5.41, 5.74) is 1.85. The van der Waals surface area contributed by atoms with Crippen LogP contribution in [-0.2, 0) is 0 Å². The van der Waals surface area contributed by atoms with Gasteiger partial charge < -0.3 is 20.8 Å². The van der Waals surface area contributed by atoms with Gasteiger partial charge in [-0.2, -0.15) is 0 Å². The normalized spacial score (nSPS) is 12.6. The molecule has 1 heterocycles. The fourth-order valence-electron chi connectivity index (χ4n) is 2.77. The van der Waals surface area contributed by atoms with Crippen molar-refractivity contribution in [2.24, 2.45) is 0 Å². The predicted molar refractivity (Wildman–Crippen MR) is 88.7 cm³/mol. The molecule has 0 atom stereocenters. The van der Waals surface area contributed by atoms with E-state index in [0.717, 1.165) is 0 Å². The Bertz CT molecular complexity index is 738. The first kappa shape index (κ1) is 16.1. The van der Waals surface area contributed by atoms with Crippen molar-refractivity contribution in [1.29, 1.82) is 0 Å². The molecule has 0 saturated carbocycles. The Morgan fingerprint density at radius 1 is 0.875 bits per heavy atom. The molecule has 0 radical (unpaired) electrons. The minimum atomic E-state index is -0.340. The van der Waals surface area contributed by atoms with Gasteiger partial charge in [0.2, 0.25) is 5.78 Å². The number of carbonyl (C=O) groups is 2. The molecule has 2 aromatic rings. The molecule has 0 fully saturated rings. The highest BCUT2D eigenvalue weighted by atomic mass is 16.3. The quantitative estimate of drug-likeness (QED) is 0.526. The third kappa shape index (κ3) is 2.64. The van der Waals surface area contributed by atoms with Gasteiger partial charge in [-0.1, -0.05) is 0 Å². The van der Waals surface area contributed by atoms with E-state index in [0.29, 0.717) is 11.4 Å². The molecule has 7 heteroatoms. The smallest absolute Gasteiger partial charge is 0.215 e. The first-order valence-corrected chi connectivity index (χ1v) is 7.60. The van der Waals surface area contributed by atoms with Crippen molar-refractivity contribution in [1.82, 2.24) is 4.98 Å². The lowest BCUT2D eigenvalue weighted by Gasteiger charge is -2.23. The zero-order chi connectivity index (χ0) is 17.1. The highest BCUT2D eigenvalue weighted by Gasteiger charge is 2.34.